The lowest BCUT2D eigenvalue weighted by atomic mass is 10.1. The number of halogens is 2. The van der Waals surface area contributed by atoms with Crippen LogP contribution in [0.25, 0.3) is 0 Å². The average Bonchev–Trinajstić information content (AvgIpc) is 2.84. The van der Waals surface area contributed by atoms with Crippen LogP contribution >= 0.6 is 11.6 Å². The zero-order valence-corrected chi connectivity index (χ0v) is 11.7. The number of benzene rings is 1. The van der Waals surface area contributed by atoms with Crippen molar-refractivity contribution in [2.24, 2.45) is 0 Å². The number of hydrogen-bond donors (Lipinski definition) is 1. The molecule has 0 bridgehead atoms. The van der Waals surface area contributed by atoms with Crippen molar-refractivity contribution in [3.05, 3.63) is 52.5 Å². The Morgan fingerprint density at radius 2 is 2.26 bits per heavy atom. The van der Waals surface area contributed by atoms with Crippen molar-refractivity contribution in [2.75, 3.05) is 0 Å². The lowest BCUT2D eigenvalue weighted by Gasteiger charge is -2.14. The molecule has 0 saturated heterocycles. The number of aromatic nitrogens is 1. The van der Waals surface area contributed by atoms with Crippen LogP contribution in [0, 0.1) is 5.82 Å². The van der Waals surface area contributed by atoms with E-state index >= 15 is 0 Å². The van der Waals surface area contributed by atoms with E-state index in [9.17, 15) is 4.39 Å². The molecule has 5 heteroatoms. The van der Waals surface area contributed by atoms with Crippen LogP contribution in [0.5, 0.6) is 0 Å². The van der Waals surface area contributed by atoms with Crippen LogP contribution in [0.3, 0.4) is 0 Å². The van der Waals surface area contributed by atoms with Gasteiger partial charge in [-0.15, -0.1) is 0 Å². The molecule has 0 radical (unpaired) electrons. The average molecular weight is 283 g/mol. The predicted molar refractivity (Wildman–Crippen MR) is 72.5 cm³/mol. The highest BCUT2D eigenvalue weighted by Gasteiger charge is 2.11. The minimum Gasteiger partial charge on any atom is -0.444 e. The molecule has 2 rings (SSSR count). The van der Waals surface area contributed by atoms with E-state index < -0.39 is 0 Å². The van der Waals surface area contributed by atoms with E-state index in [1.807, 2.05) is 13.8 Å². The minimum absolute atomic E-state index is 0.00919. The molecule has 3 nitrogen and oxygen atoms in total. The van der Waals surface area contributed by atoms with Crippen molar-refractivity contribution in [1.82, 2.24) is 10.3 Å². The summed E-state index contributed by atoms with van der Waals surface area (Å²) >= 11 is 6.01. The Labute approximate surface area is 116 Å². The third-order valence-electron chi connectivity index (χ3n) is 2.94. The van der Waals surface area contributed by atoms with E-state index in [0.29, 0.717) is 17.5 Å². The zero-order valence-electron chi connectivity index (χ0n) is 10.9. The normalized spacial score (nSPS) is 12.6. The van der Waals surface area contributed by atoms with E-state index in [2.05, 4.69) is 10.3 Å². The lowest BCUT2D eigenvalue weighted by molar-refractivity contribution is 0.424. The molecule has 0 aliphatic heterocycles. The Hall–Kier alpha value is -1.39. The van der Waals surface area contributed by atoms with Crippen LogP contribution in [0.4, 0.5) is 4.39 Å². The van der Waals surface area contributed by atoms with Gasteiger partial charge in [0, 0.05) is 17.5 Å². The van der Waals surface area contributed by atoms with Crippen molar-refractivity contribution >= 4 is 11.6 Å². The van der Waals surface area contributed by atoms with E-state index in [1.54, 1.807) is 12.3 Å². The monoisotopic (exact) mass is 282 g/mol. The molecule has 19 heavy (non-hydrogen) atoms. The van der Waals surface area contributed by atoms with E-state index in [1.165, 1.54) is 12.1 Å². The Balaban J connectivity index is 1.98. The summed E-state index contributed by atoms with van der Waals surface area (Å²) in [6.45, 7) is 4.48. The van der Waals surface area contributed by atoms with Gasteiger partial charge in [0.25, 0.3) is 0 Å². The van der Waals surface area contributed by atoms with Gasteiger partial charge in [-0.05, 0) is 24.6 Å². The smallest absolute Gasteiger partial charge is 0.208 e. The van der Waals surface area contributed by atoms with Crippen molar-refractivity contribution < 1.29 is 8.81 Å². The van der Waals surface area contributed by atoms with Crippen LogP contribution in [0.15, 0.2) is 28.8 Å². The van der Waals surface area contributed by atoms with Crippen LogP contribution in [-0.4, -0.2) is 4.98 Å². The summed E-state index contributed by atoms with van der Waals surface area (Å²) in [5, 5.41) is 3.67. The minimum atomic E-state index is -0.332. The molecule has 1 N–H and O–H groups in total. The lowest BCUT2D eigenvalue weighted by Crippen LogP contribution is -2.18. The van der Waals surface area contributed by atoms with Gasteiger partial charge in [0.1, 0.15) is 11.6 Å². The second kappa shape index (κ2) is 6.17. The SMILES string of the molecule is CCc1cnc(CNC(C)c2ccc(F)cc2Cl)o1. The number of nitrogens with one attached hydrogen (secondary N) is 1. The first-order valence-electron chi connectivity index (χ1n) is 6.22. The molecule has 0 amide bonds. The van der Waals surface area contributed by atoms with Gasteiger partial charge in [0.2, 0.25) is 5.89 Å². The molecular weight excluding hydrogens is 267 g/mol. The maximum atomic E-state index is 13.0. The maximum absolute atomic E-state index is 13.0. The Bertz CT molecular complexity index is 556. The summed E-state index contributed by atoms with van der Waals surface area (Å²) in [5.74, 6) is 1.17. The standard InChI is InChI=1S/C14H16ClFN2O/c1-3-11-7-18-14(19-11)8-17-9(2)12-5-4-10(16)6-13(12)15/h4-7,9,17H,3,8H2,1-2H3. The molecule has 102 valence electrons. The molecule has 2 aromatic rings. The first-order valence-corrected chi connectivity index (χ1v) is 6.60. The number of oxazole rings is 1. The summed E-state index contributed by atoms with van der Waals surface area (Å²) < 4.78 is 18.5. The zero-order chi connectivity index (χ0) is 13.8. The highest BCUT2D eigenvalue weighted by atomic mass is 35.5. The molecule has 1 atom stereocenters. The summed E-state index contributed by atoms with van der Waals surface area (Å²) in [7, 11) is 0. The summed E-state index contributed by atoms with van der Waals surface area (Å²) in [6, 6.07) is 4.39. The summed E-state index contributed by atoms with van der Waals surface area (Å²) in [4.78, 5) is 4.17. The van der Waals surface area contributed by atoms with Gasteiger partial charge in [-0.25, -0.2) is 9.37 Å². The van der Waals surface area contributed by atoms with Crippen molar-refractivity contribution in [1.29, 1.82) is 0 Å². The third-order valence-corrected chi connectivity index (χ3v) is 3.27. The van der Waals surface area contributed by atoms with E-state index in [0.717, 1.165) is 17.7 Å². The van der Waals surface area contributed by atoms with E-state index in [4.69, 9.17) is 16.0 Å². The fourth-order valence-corrected chi connectivity index (χ4v) is 2.13. The van der Waals surface area contributed by atoms with Crippen molar-refractivity contribution in [3.8, 4) is 0 Å². The maximum Gasteiger partial charge on any atom is 0.208 e. The van der Waals surface area contributed by atoms with Gasteiger partial charge in [0.15, 0.2) is 0 Å². The molecule has 0 saturated carbocycles. The molecule has 1 heterocycles. The number of rotatable bonds is 5. The fraction of sp³-hybridized carbons (Fsp3) is 0.357. The third kappa shape index (κ3) is 3.55. The molecule has 0 fully saturated rings. The molecule has 0 aliphatic carbocycles. The van der Waals surface area contributed by atoms with Gasteiger partial charge < -0.3 is 9.73 Å². The topological polar surface area (TPSA) is 38.1 Å². The highest BCUT2D eigenvalue weighted by molar-refractivity contribution is 6.31. The van der Waals surface area contributed by atoms with Crippen LogP contribution in [0.1, 0.15) is 37.1 Å². The van der Waals surface area contributed by atoms with Gasteiger partial charge in [-0.3, -0.25) is 0 Å². The Morgan fingerprint density at radius 3 is 2.89 bits per heavy atom. The van der Waals surface area contributed by atoms with Gasteiger partial charge in [0.05, 0.1) is 12.7 Å². The molecule has 0 spiro atoms. The molecule has 0 aliphatic rings. The van der Waals surface area contributed by atoms with Crippen LogP contribution < -0.4 is 5.32 Å². The number of nitrogens with zero attached hydrogens (tertiary/aromatic N) is 1. The Kier molecular flexibility index (Phi) is 4.56. The summed E-state index contributed by atoms with van der Waals surface area (Å²) in [5.41, 5.74) is 0.852. The quantitative estimate of drug-likeness (QED) is 0.904. The first-order chi connectivity index (χ1) is 9.10. The van der Waals surface area contributed by atoms with Crippen molar-refractivity contribution in [3.63, 3.8) is 0 Å². The number of aryl methyl sites for hydroxylation is 1. The largest absolute Gasteiger partial charge is 0.444 e. The van der Waals surface area contributed by atoms with E-state index in [-0.39, 0.29) is 11.9 Å². The van der Waals surface area contributed by atoms with Gasteiger partial charge in [-0.1, -0.05) is 24.6 Å². The Morgan fingerprint density at radius 1 is 1.47 bits per heavy atom. The number of hydrogen-bond acceptors (Lipinski definition) is 3. The fourth-order valence-electron chi connectivity index (χ4n) is 1.80. The van der Waals surface area contributed by atoms with Crippen LogP contribution in [0.2, 0.25) is 5.02 Å². The molecule has 1 aromatic carbocycles. The van der Waals surface area contributed by atoms with Gasteiger partial charge >= 0.3 is 0 Å². The summed E-state index contributed by atoms with van der Waals surface area (Å²) in [6.07, 6.45) is 2.55. The predicted octanol–water partition coefficient (Wildman–Crippen LogP) is 3.88. The second-order valence-corrected chi connectivity index (χ2v) is 4.75. The molecule has 1 aromatic heterocycles. The van der Waals surface area contributed by atoms with Gasteiger partial charge in [-0.2, -0.15) is 0 Å². The molecule has 1 unspecified atom stereocenters. The first kappa shape index (κ1) is 14.0. The van der Waals surface area contributed by atoms with Crippen LogP contribution in [-0.2, 0) is 13.0 Å². The highest BCUT2D eigenvalue weighted by Crippen LogP contribution is 2.23. The van der Waals surface area contributed by atoms with Crippen molar-refractivity contribution in [2.45, 2.75) is 32.9 Å². The second-order valence-electron chi connectivity index (χ2n) is 4.34. The molecular formula is C14H16ClFN2O.